The number of hydrogen-bond donors (Lipinski definition) is 0. The third-order valence-electron chi connectivity index (χ3n) is 1.72. The predicted octanol–water partition coefficient (Wildman–Crippen LogP) is 3.31. The fraction of sp³-hybridized carbons (Fsp3) is 0.400. The molecule has 0 N–H and O–H groups in total. The van der Waals surface area contributed by atoms with Gasteiger partial charge in [-0.3, -0.25) is 0 Å². The molecule has 0 saturated carbocycles. The van der Waals surface area contributed by atoms with Gasteiger partial charge in [0.2, 0.25) is 0 Å². The van der Waals surface area contributed by atoms with Crippen molar-refractivity contribution in [3.63, 3.8) is 0 Å². The van der Waals surface area contributed by atoms with E-state index in [0.717, 1.165) is 17.7 Å². The van der Waals surface area contributed by atoms with Crippen LogP contribution in [0.3, 0.4) is 0 Å². The van der Waals surface area contributed by atoms with Crippen LogP contribution in [0.2, 0.25) is 0 Å². The Kier molecular flexibility index (Phi) is 5.25. The third kappa shape index (κ3) is 3.89. The number of benzene rings is 1. The van der Waals surface area contributed by atoms with Crippen molar-refractivity contribution >= 4 is 17.7 Å². The topological polar surface area (TPSA) is 38.7 Å². The van der Waals surface area contributed by atoms with Crippen LogP contribution in [0.1, 0.15) is 12.5 Å². The smallest absolute Gasteiger partial charge is 0.108 e. The Hall–Kier alpha value is -0.870. The second-order valence-electron chi connectivity index (χ2n) is 2.74. The summed E-state index contributed by atoms with van der Waals surface area (Å²) in [5.74, 6) is 0.966. The van der Waals surface area contributed by atoms with Crippen LogP contribution in [-0.2, 0) is 10.6 Å². The van der Waals surface area contributed by atoms with Crippen molar-refractivity contribution < 1.29 is 4.18 Å². The van der Waals surface area contributed by atoms with Crippen molar-refractivity contribution in [2.45, 2.75) is 13.3 Å². The predicted molar refractivity (Wildman–Crippen MR) is 59.7 cm³/mol. The molecule has 0 heterocycles. The lowest BCUT2D eigenvalue weighted by molar-refractivity contribution is 0.379. The van der Waals surface area contributed by atoms with Crippen LogP contribution < -0.4 is 0 Å². The minimum atomic E-state index is 0.470. The summed E-state index contributed by atoms with van der Waals surface area (Å²) in [5.41, 5.74) is 1.63. The SMILES string of the molecule is CCSOCCc1ccc(N=O)cc1. The normalized spacial score (nSPS) is 10.1. The summed E-state index contributed by atoms with van der Waals surface area (Å²) in [6.45, 7) is 2.75. The van der Waals surface area contributed by atoms with Crippen LogP contribution >= 0.6 is 12.0 Å². The van der Waals surface area contributed by atoms with E-state index >= 15 is 0 Å². The number of hydrogen-bond acceptors (Lipinski definition) is 4. The molecule has 0 aromatic heterocycles. The van der Waals surface area contributed by atoms with Crippen LogP contribution in [0.5, 0.6) is 0 Å². The first-order valence-corrected chi connectivity index (χ1v) is 5.44. The molecule has 0 bridgehead atoms. The van der Waals surface area contributed by atoms with E-state index < -0.39 is 0 Å². The van der Waals surface area contributed by atoms with Gasteiger partial charge < -0.3 is 4.18 Å². The Labute approximate surface area is 88.0 Å². The van der Waals surface area contributed by atoms with Gasteiger partial charge in [-0.25, -0.2) is 0 Å². The van der Waals surface area contributed by atoms with E-state index in [1.165, 1.54) is 12.0 Å². The molecule has 0 fully saturated rings. The molecule has 3 nitrogen and oxygen atoms in total. The van der Waals surface area contributed by atoms with Gasteiger partial charge in [-0.2, -0.15) is 0 Å². The summed E-state index contributed by atoms with van der Waals surface area (Å²) in [7, 11) is 0. The molecule has 14 heavy (non-hydrogen) atoms. The summed E-state index contributed by atoms with van der Waals surface area (Å²) in [6.07, 6.45) is 0.867. The summed E-state index contributed by atoms with van der Waals surface area (Å²) >= 11 is 1.47. The number of nitroso groups, excluding NO2 is 1. The molecule has 0 spiro atoms. The zero-order valence-corrected chi connectivity index (χ0v) is 8.92. The first-order valence-electron chi connectivity index (χ1n) is 4.53. The van der Waals surface area contributed by atoms with E-state index in [2.05, 4.69) is 12.1 Å². The quantitative estimate of drug-likeness (QED) is 0.411. The van der Waals surface area contributed by atoms with Gasteiger partial charge in [0.1, 0.15) is 5.69 Å². The van der Waals surface area contributed by atoms with Gasteiger partial charge in [0.25, 0.3) is 0 Å². The lowest BCUT2D eigenvalue weighted by Crippen LogP contribution is -1.92. The van der Waals surface area contributed by atoms with Gasteiger partial charge in [-0.05, 0) is 41.3 Å². The Balaban J connectivity index is 2.32. The molecule has 1 aromatic rings. The standard InChI is InChI=1S/C10H13NO2S/c1-2-14-13-8-7-9-3-5-10(11-12)6-4-9/h3-6H,2,7-8H2,1H3. The van der Waals surface area contributed by atoms with E-state index in [9.17, 15) is 4.91 Å². The van der Waals surface area contributed by atoms with Crippen LogP contribution in [0.25, 0.3) is 0 Å². The van der Waals surface area contributed by atoms with Gasteiger partial charge in [-0.15, -0.1) is 4.91 Å². The third-order valence-corrected chi connectivity index (χ3v) is 2.29. The van der Waals surface area contributed by atoms with Crippen LogP contribution in [0.4, 0.5) is 5.69 Å². The van der Waals surface area contributed by atoms with Gasteiger partial charge >= 0.3 is 0 Å². The van der Waals surface area contributed by atoms with E-state index in [1.807, 2.05) is 12.1 Å². The average molecular weight is 211 g/mol. The highest BCUT2D eigenvalue weighted by atomic mass is 32.2. The second-order valence-corrected chi connectivity index (χ2v) is 3.78. The highest BCUT2D eigenvalue weighted by Gasteiger charge is 1.94. The molecule has 0 unspecified atom stereocenters. The van der Waals surface area contributed by atoms with Crippen LogP contribution in [0, 0.1) is 4.91 Å². The van der Waals surface area contributed by atoms with E-state index in [-0.39, 0.29) is 0 Å². The molecule has 0 atom stereocenters. The zero-order valence-electron chi connectivity index (χ0n) is 8.10. The van der Waals surface area contributed by atoms with Gasteiger partial charge in [0, 0.05) is 5.75 Å². The minimum absolute atomic E-state index is 0.470. The molecule has 1 aromatic carbocycles. The summed E-state index contributed by atoms with van der Waals surface area (Å²) in [6, 6.07) is 7.23. The Morgan fingerprint density at radius 1 is 1.36 bits per heavy atom. The Bertz CT molecular complexity index is 274. The maximum absolute atomic E-state index is 10.1. The van der Waals surface area contributed by atoms with Crippen LogP contribution in [0.15, 0.2) is 29.4 Å². The molecule has 76 valence electrons. The van der Waals surface area contributed by atoms with Crippen molar-refractivity contribution in [3.8, 4) is 0 Å². The van der Waals surface area contributed by atoms with Crippen molar-refractivity contribution in [3.05, 3.63) is 34.7 Å². The molecule has 0 amide bonds. The Morgan fingerprint density at radius 3 is 2.64 bits per heavy atom. The average Bonchev–Trinajstić information content (AvgIpc) is 2.25. The summed E-state index contributed by atoms with van der Waals surface area (Å²) in [4.78, 5) is 10.1. The molecule has 1 rings (SSSR count). The van der Waals surface area contributed by atoms with Crippen molar-refractivity contribution in [1.29, 1.82) is 0 Å². The van der Waals surface area contributed by atoms with Crippen molar-refractivity contribution in [2.24, 2.45) is 5.18 Å². The maximum atomic E-state index is 10.1. The number of rotatable bonds is 6. The lowest BCUT2D eigenvalue weighted by atomic mass is 10.1. The highest BCUT2D eigenvalue weighted by Crippen LogP contribution is 2.13. The molecule has 4 heteroatoms. The Morgan fingerprint density at radius 2 is 2.07 bits per heavy atom. The van der Waals surface area contributed by atoms with E-state index in [4.69, 9.17) is 4.18 Å². The molecule has 0 aliphatic carbocycles. The molecule has 0 radical (unpaired) electrons. The second kappa shape index (κ2) is 6.56. The van der Waals surface area contributed by atoms with E-state index in [1.54, 1.807) is 12.1 Å². The highest BCUT2D eigenvalue weighted by molar-refractivity contribution is 7.94. The fourth-order valence-corrected chi connectivity index (χ4v) is 1.39. The zero-order chi connectivity index (χ0) is 10.2. The maximum Gasteiger partial charge on any atom is 0.108 e. The summed E-state index contributed by atoms with van der Waals surface area (Å²) < 4.78 is 5.27. The summed E-state index contributed by atoms with van der Waals surface area (Å²) in [5, 5.41) is 2.84. The van der Waals surface area contributed by atoms with Gasteiger partial charge in [0.15, 0.2) is 0 Å². The van der Waals surface area contributed by atoms with Gasteiger partial charge in [0.05, 0.1) is 6.61 Å². The largest absolute Gasteiger partial charge is 0.315 e. The molecular weight excluding hydrogens is 198 g/mol. The van der Waals surface area contributed by atoms with Gasteiger partial charge in [-0.1, -0.05) is 19.1 Å². The first kappa shape index (κ1) is 11.2. The monoisotopic (exact) mass is 211 g/mol. The lowest BCUT2D eigenvalue weighted by Gasteiger charge is -2.01. The minimum Gasteiger partial charge on any atom is -0.315 e. The molecule has 0 saturated heterocycles. The molecular formula is C10H13NO2S. The molecule has 0 aliphatic rings. The first-order chi connectivity index (χ1) is 6.86. The van der Waals surface area contributed by atoms with Crippen molar-refractivity contribution in [2.75, 3.05) is 12.4 Å². The van der Waals surface area contributed by atoms with E-state index in [0.29, 0.717) is 12.3 Å². The van der Waals surface area contributed by atoms with Crippen molar-refractivity contribution in [1.82, 2.24) is 0 Å². The van der Waals surface area contributed by atoms with Crippen LogP contribution in [-0.4, -0.2) is 12.4 Å². The number of nitrogens with zero attached hydrogens (tertiary/aromatic N) is 1. The molecule has 0 aliphatic heterocycles. The fourth-order valence-electron chi connectivity index (χ4n) is 1.03.